The van der Waals surface area contributed by atoms with Crippen LogP contribution in [0.15, 0.2) is 83.5 Å². The molecule has 0 unspecified atom stereocenters. The van der Waals surface area contributed by atoms with Crippen molar-refractivity contribution in [1.29, 1.82) is 0 Å². The third kappa shape index (κ3) is 6.29. The lowest BCUT2D eigenvalue weighted by atomic mass is 10.0. The molecule has 0 aliphatic rings. The van der Waals surface area contributed by atoms with Crippen LogP contribution in [-0.2, 0) is 13.0 Å². The Morgan fingerprint density at radius 3 is 2.37 bits per heavy atom. The summed E-state index contributed by atoms with van der Waals surface area (Å²) < 4.78 is 23.1. The maximum absolute atomic E-state index is 12.8. The lowest BCUT2D eigenvalue weighted by molar-refractivity contribution is 0.0979. The molecule has 0 amide bonds. The molecule has 0 N–H and O–H groups in total. The molecule has 1 aromatic heterocycles. The van der Waals surface area contributed by atoms with Crippen LogP contribution in [0.2, 0.25) is 0 Å². The summed E-state index contributed by atoms with van der Waals surface area (Å²) in [5, 5.41) is 0. The number of para-hydroxylation sites is 1. The molecule has 0 spiro atoms. The van der Waals surface area contributed by atoms with Crippen molar-refractivity contribution in [2.75, 3.05) is 13.2 Å². The molecule has 0 aliphatic carbocycles. The summed E-state index contributed by atoms with van der Waals surface area (Å²) >= 11 is 0. The number of nitrogens with zero attached hydrogens (tertiary/aromatic N) is 1. The smallest absolute Gasteiger partial charge is 0.226 e. The van der Waals surface area contributed by atoms with Crippen molar-refractivity contribution in [3.63, 3.8) is 0 Å². The van der Waals surface area contributed by atoms with E-state index in [2.05, 4.69) is 4.98 Å². The molecule has 0 saturated carbocycles. The van der Waals surface area contributed by atoms with Gasteiger partial charge in [-0.3, -0.25) is 4.79 Å². The molecule has 35 heavy (non-hydrogen) atoms. The highest BCUT2D eigenvalue weighted by Gasteiger charge is 2.15. The summed E-state index contributed by atoms with van der Waals surface area (Å²) in [5.74, 6) is 2.37. The van der Waals surface area contributed by atoms with E-state index in [1.54, 1.807) is 12.3 Å². The predicted octanol–water partition coefficient (Wildman–Crippen LogP) is 6.53. The molecule has 180 valence electrons. The predicted molar refractivity (Wildman–Crippen MR) is 134 cm³/mol. The quantitative estimate of drug-likeness (QED) is 0.219. The monoisotopic (exact) mass is 471 g/mol. The Labute approximate surface area is 205 Å². The van der Waals surface area contributed by atoms with Crippen LogP contribution < -0.4 is 14.2 Å². The second-order valence-electron chi connectivity index (χ2n) is 7.87. The molecule has 6 nitrogen and oxygen atoms in total. The van der Waals surface area contributed by atoms with Crippen molar-refractivity contribution in [2.45, 2.75) is 33.3 Å². The highest BCUT2D eigenvalue weighted by Crippen LogP contribution is 2.33. The minimum Gasteiger partial charge on any atom is -0.493 e. The van der Waals surface area contributed by atoms with Crippen molar-refractivity contribution >= 4 is 5.78 Å². The fraction of sp³-hybridized carbons (Fsp3) is 0.241. The van der Waals surface area contributed by atoms with Gasteiger partial charge in [0.1, 0.15) is 18.6 Å². The maximum atomic E-state index is 12.8. The normalized spacial score (nSPS) is 10.7. The zero-order valence-electron chi connectivity index (χ0n) is 20.0. The second-order valence-corrected chi connectivity index (χ2v) is 7.87. The fourth-order valence-corrected chi connectivity index (χ4v) is 3.67. The van der Waals surface area contributed by atoms with E-state index in [0.717, 1.165) is 11.1 Å². The third-order valence-corrected chi connectivity index (χ3v) is 5.37. The Morgan fingerprint density at radius 2 is 1.57 bits per heavy atom. The SMILES string of the molecule is CCOc1ccc(-c2nc(CCC(=O)c3ccccc3OCC)co2)cc1OCc1ccccc1. The number of hydrogen-bond donors (Lipinski definition) is 0. The van der Waals surface area contributed by atoms with Gasteiger partial charge in [0.25, 0.3) is 0 Å². The molecule has 1 heterocycles. The zero-order valence-corrected chi connectivity index (χ0v) is 20.0. The first-order valence-electron chi connectivity index (χ1n) is 11.8. The van der Waals surface area contributed by atoms with Crippen LogP contribution in [0.25, 0.3) is 11.5 Å². The number of carbonyl (C=O) groups excluding carboxylic acids is 1. The maximum Gasteiger partial charge on any atom is 0.226 e. The van der Waals surface area contributed by atoms with Crippen molar-refractivity contribution in [2.24, 2.45) is 0 Å². The highest BCUT2D eigenvalue weighted by molar-refractivity contribution is 5.98. The number of rotatable bonds is 12. The van der Waals surface area contributed by atoms with E-state index in [-0.39, 0.29) is 5.78 Å². The average Bonchev–Trinajstić information content (AvgIpc) is 3.37. The standard InChI is InChI=1S/C29H29NO5/c1-3-32-26-13-9-8-12-24(26)25(31)16-15-23-20-35-29(30-23)22-14-17-27(33-4-2)28(18-22)34-19-21-10-6-5-7-11-21/h5-14,17-18,20H,3-4,15-16,19H2,1-2H3. The highest BCUT2D eigenvalue weighted by atomic mass is 16.5. The van der Waals surface area contributed by atoms with Gasteiger partial charge in [-0.1, -0.05) is 42.5 Å². The van der Waals surface area contributed by atoms with Crippen LogP contribution in [0.1, 0.15) is 41.9 Å². The van der Waals surface area contributed by atoms with E-state index in [1.807, 2.05) is 80.6 Å². The number of oxazole rings is 1. The summed E-state index contributed by atoms with van der Waals surface area (Å²) in [6, 6.07) is 22.9. The second kappa shape index (κ2) is 11.9. The molecule has 0 fully saturated rings. The summed E-state index contributed by atoms with van der Waals surface area (Å²) in [6.45, 7) is 5.30. The Morgan fingerprint density at radius 1 is 0.829 bits per heavy atom. The number of Topliss-reactive ketones (excluding diaryl/α,β-unsaturated/α-hetero) is 1. The van der Waals surface area contributed by atoms with Crippen LogP contribution in [0.5, 0.6) is 17.2 Å². The Bertz CT molecular complexity index is 1250. The van der Waals surface area contributed by atoms with E-state index < -0.39 is 0 Å². The molecule has 3 aromatic carbocycles. The number of benzene rings is 3. The Balaban J connectivity index is 1.45. The van der Waals surface area contributed by atoms with Gasteiger partial charge < -0.3 is 18.6 Å². The van der Waals surface area contributed by atoms with Gasteiger partial charge in [-0.15, -0.1) is 0 Å². The van der Waals surface area contributed by atoms with Gasteiger partial charge in [0, 0.05) is 18.4 Å². The summed E-state index contributed by atoms with van der Waals surface area (Å²) in [4.78, 5) is 17.3. The van der Waals surface area contributed by atoms with Crippen molar-refractivity contribution in [3.8, 4) is 28.7 Å². The largest absolute Gasteiger partial charge is 0.493 e. The van der Waals surface area contributed by atoms with E-state index in [0.29, 0.717) is 67.1 Å². The summed E-state index contributed by atoms with van der Waals surface area (Å²) in [7, 11) is 0. The van der Waals surface area contributed by atoms with Crippen LogP contribution in [0, 0.1) is 0 Å². The topological polar surface area (TPSA) is 70.8 Å². The fourth-order valence-electron chi connectivity index (χ4n) is 3.67. The van der Waals surface area contributed by atoms with Crippen LogP contribution in [0.3, 0.4) is 0 Å². The van der Waals surface area contributed by atoms with Crippen LogP contribution >= 0.6 is 0 Å². The molecule has 0 bridgehead atoms. The lowest BCUT2D eigenvalue weighted by Crippen LogP contribution is -2.05. The first-order chi connectivity index (χ1) is 17.2. The lowest BCUT2D eigenvalue weighted by Gasteiger charge is -2.13. The minimum atomic E-state index is 0.0104. The number of carbonyl (C=O) groups is 1. The Hall–Kier alpha value is -4.06. The van der Waals surface area contributed by atoms with Gasteiger partial charge in [-0.25, -0.2) is 4.98 Å². The van der Waals surface area contributed by atoms with Crippen molar-refractivity contribution in [1.82, 2.24) is 4.98 Å². The molecular formula is C29H29NO5. The first-order valence-corrected chi connectivity index (χ1v) is 11.8. The van der Waals surface area contributed by atoms with E-state index in [9.17, 15) is 4.79 Å². The molecule has 0 atom stereocenters. The number of aromatic nitrogens is 1. The van der Waals surface area contributed by atoms with E-state index in [4.69, 9.17) is 18.6 Å². The number of aryl methyl sites for hydroxylation is 1. The van der Waals surface area contributed by atoms with E-state index in [1.165, 1.54) is 0 Å². The van der Waals surface area contributed by atoms with Crippen molar-refractivity contribution in [3.05, 3.63) is 95.9 Å². The van der Waals surface area contributed by atoms with Gasteiger partial charge in [0.05, 0.1) is 24.5 Å². The molecule has 4 aromatic rings. The number of ketones is 1. The van der Waals surface area contributed by atoms with Gasteiger partial charge in [0.2, 0.25) is 5.89 Å². The van der Waals surface area contributed by atoms with Crippen molar-refractivity contribution < 1.29 is 23.4 Å². The molecule has 0 radical (unpaired) electrons. The third-order valence-electron chi connectivity index (χ3n) is 5.37. The van der Waals surface area contributed by atoms with Gasteiger partial charge >= 0.3 is 0 Å². The average molecular weight is 472 g/mol. The van der Waals surface area contributed by atoms with Crippen LogP contribution in [0.4, 0.5) is 0 Å². The molecule has 4 rings (SSSR count). The van der Waals surface area contributed by atoms with Gasteiger partial charge in [-0.2, -0.15) is 0 Å². The summed E-state index contributed by atoms with van der Waals surface area (Å²) in [6.07, 6.45) is 2.37. The molecule has 0 saturated heterocycles. The first kappa shape index (κ1) is 24.1. The number of hydrogen-bond acceptors (Lipinski definition) is 6. The van der Waals surface area contributed by atoms with Gasteiger partial charge in [0.15, 0.2) is 17.3 Å². The Kier molecular flexibility index (Phi) is 8.17. The molecular weight excluding hydrogens is 442 g/mol. The van der Waals surface area contributed by atoms with E-state index >= 15 is 0 Å². The number of ether oxygens (including phenoxy) is 3. The van der Waals surface area contributed by atoms with Crippen LogP contribution in [-0.4, -0.2) is 24.0 Å². The zero-order chi connectivity index (χ0) is 24.5. The molecule has 6 heteroatoms. The minimum absolute atomic E-state index is 0.0104. The summed E-state index contributed by atoms with van der Waals surface area (Å²) in [5.41, 5.74) is 3.14. The molecule has 0 aliphatic heterocycles. The van der Waals surface area contributed by atoms with Gasteiger partial charge in [-0.05, 0) is 49.7 Å².